The van der Waals surface area contributed by atoms with Crippen LogP contribution in [-0.4, -0.2) is 11.8 Å². The molecular formula is C20H13NO3. The van der Waals surface area contributed by atoms with Gasteiger partial charge in [-0.25, -0.2) is 0 Å². The average Bonchev–Trinajstić information content (AvgIpc) is 3.26. The van der Waals surface area contributed by atoms with Crippen molar-refractivity contribution in [3.63, 3.8) is 0 Å². The number of hydrogen-bond donors (Lipinski definition) is 1. The number of carbonyl (C=O) groups is 2. The highest BCUT2D eigenvalue weighted by atomic mass is 16.2. The monoisotopic (exact) mass is 315 g/mol. The topological polar surface area (TPSA) is 63.2 Å². The van der Waals surface area contributed by atoms with E-state index in [-0.39, 0.29) is 11.0 Å². The van der Waals surface area contributed by atoms with Gasteiger partial charge in [0.05, 0.1) is 5.56 Å². The number of benzene rings is 3. The van der Waals surface area contributed by atoms with E-state index in [1.54, 1.807) is 31.2 Å². The zero-order valence-corrected chi connectivity index (χ0v) is 12.9. The second kappa shape index (κ2) is 5.13. The molecule has 0 saturated carbocycles. The molecule has 0 radical (unpaired) electrons. The molecule has 0 fully saturated rings. The number of amides is 2. The van der Waals surface area contributed by atoms with Crippen LogP contribution < -0.4 is 10.7 Å². The van der Waals surface area contributed by atoms with Gasteiger partial charge in [0, 0.05) is 16.3 Å². The van der Waals surface area contributed by atoms with Gasteiger partial charge < -0.3 is 0 Å². The van der Waals surface area contributed by atoms with Crippen molar-refractivity contribution >= 4 is 33.4 Å². The van der Waals surface area contributed by atoms with Gasteiger partial charge in [0.1, 0.15) is 0 Å². The third kappa shape index (κ3) is 2.12. The molecule has 0 heterocycles. The summed E-state index contributed by atoms with van der Waals surface area (Å²) in [5, 5.41) is 5.05. The first kappa shape index (κ1) is 14.3. The molecule has 2 amide bonds. The van der Waals surface area contributed by atoms with E-state index in [0.717, 1.165) is 16.3 Å². The Morgan fingerprint density at radius 2 is 1.50 bits per heavy atom. The van der Waals surface area contributed by atoms with Crippen LogP contribution in [0.1, 0.15) is 26.3 Å². The normalized spacial score (nSPS) is 11.2. The average molecular weight is 315 g/mol. The molecule has 0 unspecified atom stereocenters. The first-order valence-electron chi connectivity index (χ1n) is 7.59. The standard InChI is InChI=1S/C20H13NO3/c1-11-6-2-4-8-13(11)19(23)21-20(24)15-10-12-7-3-5-9-14(12)16-17(15)18(16)22/h2-10H,1H3,(H,21,23,24). The number of nitrogens with one attached hydrogen (secondary N) is 1. The summed E-state index contributed by atoms with van der Waals surface area (Å²) >= 11 is 0. The summed E-state index contributed by atoms with van der Waals surface area (Å²) in [7, 11) is 0. The largest absolute Gasteiger partial charge is 0.289 e. The predicted molar refractivity (Wildman–Crippen MR) is 93.1 cm³/mol. The highest BCUT2D eigenvalue weighted by Crippen LogP contribution is 2.30. The maximum Gasteiger partial charge on any atom is 0.258 e. The summed E-state index contributed by atoms with van der Waals surface area (Å²) in [4.78, 5) is 36.8. The Bertz CT molecular complexity index is 1150. The summed E-state index contributed by atoms with van der Waals surface area (Å²) in [6.07, 6.45) is 0. The maximum absolute atomic E-state index is 12.5. The van der Waals surface area contributed by atoms with E-state index >= 15 is 0 Å². The fraction of sp³-hybridized carbons (Fsp3) is 0.0500. The van der Waals surface area contributed by atoms with Crippen molar-refractivity contribution in [2.75, 3.05) is 0 Å². The molecule has 0 aromatic heterocycles. The lowest BCUT2D eigenvalue weighted by Gasteiger charge is -2.07. The number of aryl methyl sites for hydroxylation is 1. The SMILES string of the molecule is Cc1ccccc1C(=O)NC(=O)c1cc2ccccc2c2c(=O)c12. The van der Waals surface area contributed by atoms with Crippen LogP contribution in [0.3, 0.4) is 0 Å². The molecule has 0 aliphatic rings. The number of rotatable bonds is 2. The summed E-state index contributed by atoms with van der Waals surface area (Å²) in [5.74, 6) is -1.01. The molecule has 4 nitrogen and oxygen atoms in total. The second-order valence-electron chi connectivity index (χ2n) is 5.82. The molecule has 116 valence electrons. The molecule has 4 aromatic rings. The van der Waals surface area contributed by atoms with Gasteiger partial charge in [0.15, 0.2) is 5.43 Å². The third-order valence-electron chi connectivity index (χ3n) is 4.30. The van der Waals surface area contributed by atoms with E-state index < -0.39 is 11.8 Å². The zero-order valence-electron chi connectivity index (χ0n) is 12.9. The molecule has 4 aromatic carbocycles. The highest BCUT2D eigenvalue weighted by Gasteiger charge is 2.25. The van der Waals surface area contributed by atoms with Crippen molar-refractivity contribution in [2.24, 2.45) is 0 Å². The molecule has 0 saturated heterocycles. The van der Waals surface area contributed by atoms with Gasteiger partial charge in [0.2, 0.25) is 0 Å². The second-order valence-corrected chi connectivity index (χ2v) is 5.82. The Hall–Kier alpha value is -3.27. The third-order valence-corrected chi connectivity index (χ3v) is 4.30. The first-order valence-corrected chi connectivity index (χ1v) is 7.59. The minimum absolute atomic E-state index is 0.121. The highest BCUT2D eigenvalue weighted by molar-refractivity contribution is 6.26. The zero-order chi connectivity index (χ0) is 16.8. The number of imide groups is 1. The summed E-state index contributed by atoms with van der Waals surface area (Å²) in [6, 6.07) is 16.1. The molecule has 0 aliphatic heterocycles. The number of hydrogen-bond acceptors (Lipinski definition) is 3. The van der Waals surface area contributed by atoms with Crippen LogP contribution in [0.15, 0.2) is 59.4 Å². The Balaban J connectivity index is 1.72. The van der Waals surface area contributed by atoms with Crippen molar-refractivity contribution in [2.45, 2.75) is 6.92 Å². The Kier molecular flexibility index (Phi) is 3.06. The number of carbonyl (C=O) groups excluding carboxylic acids is 2. The molecule has 0 atom stereocenters. The van der Waals surface area contributed by atoms with Crippen LogP contribution in [0.5, 0.6) is 0 Å². The fourth-order valence-corrected chi connectivity index (χ4v) is 3.01. The van der Waals surface area contributed by atoms with Gasteiger partial charge in [-0.05, 0) is 35.4 Å². The summed E-state index contributed by atoms with van der Waals surface area (Å²) < 4.78 is 0. The van der Waals surface area contributed by atoms with Crippen LogP contribution in [0, 0.1) is 6.92 Å². The van der Waals surface area contributed by atoms with Gasteiger partial charge in [-0.3, -0.25) is 19.7 Å². The molecule has 0 bridgehead atoms. The first-order chi connectivity index (χ1) is 11.6. The number of fused-ring (bicyclic) bond motifs is 3. The van der Waals surface area contributed by atoms with Crippen molar-refractivity contribution in [3.05, 3.63) is 81.5 Å². The molecule has 0 spiro atoms. The van der Waals surface area contributed by atoms with Crippen LogP contribution >= 0.6 is 0 Å². The Morgan fingerprint density at radius 1 is 0.833 bits per heavy atom. The minimum atomic E-state index is -0.545. The smallest absolute Gasteiger partial charge is 0.258 e. The van der Waals surface area contributed by atoms with E-state index in [2.05, 4.69) is 5.32 Å². The Labute approximate surface area is 137 Å². The van der Waals surface area contributed by atoms with E-state index in [0.29, 0.717) is 16.3 Å². The lowest BCUT2D eigenvalue weighted by Crippen LogP contribution is -2.30. The molecule has 0 aliphatic carbocycles. The van der Waals surface area contributed by atoms with E-state index in [4.69, 9.17) is 0 Å². The van der Waals surface area contributed by atoms with E-state index in [1.165, 1.54) is 0 Å². The van der Waals surface area contributed by atoms with E-state index in [1.807, 2.05) is 30.3 Å². The van der Waals surface area contributed by atoms with Crippen LogP contribution in [0.2, 0.25) is 0 Å². The van der Waals surface area contributed by atoms with Gasteiger partial charge >= 0.3 is 0 Å². The fourth-order valence-electron chi connectivity index (χ4n) is 3.01. The predicted octanol–water partition coefficient (Wildman–Crippen LogP) is 3.11. The quantitative estimate of drug-likeness (QED) is 0.578. The molecule has 4 heteroatoms. The van der Waals surface area contributed by atoms with Crippen LogP contribution in [-0.2, 0) is 0 Å². The lowest BCUT2D eigenvalue weighted by atomic mass is 10.1. The molecule has 4 rings (SSSR count). The summed E-state index contributed by atoms with van der Waals surface area (Å²) in [5.41, 5.74) is 1.37. The Morgan fingerprint density at radius 3 is 2.29 bits per heavy atom. The van der Waals surface area contributed by atoms with Crippen molar-refractivity contribution in [1.29, 1.82) is 0 Å². The van der Waals surface area contributed by atoms with Gasteiger partial charge in [-0.1, -0.05) is 42.5 Å². The van der Waals surface area contributed by atoms with Crippen molar-refractivity contribution in [3.8, 4) is 0 Å². The molecular weight excluding hydrogens is 302 g/mol. The van der Waals surface area contributed by atoms with Crippen molar-refractivity contribution in [1.82, 2.24) is 5.32 Å². The maximum atomic E-state index is 12.5. The van der Waals surface area contributed by atoms with E-state index in [9.17, 15) is 14.4 Å². The molecule has 24 heavy (non-hydrogen) atoms. The van der Waals surface area contributed by atoms with Crippen LogP contribution in [0.25, 0.3) is 21.5 Å². The van der Waals surface area contributed by atoms with Crippen molar-refractivity contribution < 1.29 is 9.59 Å². The van der Waals surface area contributed by atoms with Crippen LogP contribution in [0.4, 0.5) is 0 Å². The van der Waals surface area contributed by atoms with Gasteiger partial charge in [-0.2, -0.15) is 0 Å². The summed E-state index contributed by atoms with van der Waals surface area (Å²) in [6.45, 7) is 1.81. The van der Waals surface area contributed by atoms with Gasteiger partial charge in [0.25, 0.3) is 11.8 Å². The molecule has 1 N–H and O–H groups in total. The van der Waals surface area contributed by atoms with Gasteiger partial charge in [-0.15, -0.1) is 0 Å². The minimum Gasteiger partial charge on any atom is -0.289 e. The lowest BCUT2D eigenvalue weighted by molar-refractivity contribution is 0.0850.